The molecule has 4 aromatic rings. The summed E-state index contributed by atoms with van der Waals surface area (Å²) in [4.78, 5) is 35.2. The van der Waals surface area contributed by atoms with E-state index in [9.17, 15) is 9.59 Å². The van der Waals surface area contributed by atoms with Gasteiger partial charge in [-0.2, -0.15) is 0 Å². The van der Waals surface area contributed by atoms with E-state index in [1.54, 1.807) is 0 Å². The lowest BCUT2D eigenvalue weighted by Crippen LogP contribution is -2.16. The number of hydrogen-bond donors (Lipinski definition) is 2. The lowest BCUT2D eigenvalue weighted by molar-refractivity contribution is -0.114. The number of hydrogen-bond acceptors (Lipinski definition) is 6. The molecular weight excluding hydrogens is 512 g/mol. The van der Waals surface area contributed by atoms with Crippen LogP contribution in [0.25, 0.3) is 11.0 Å². The number of benzene rings is 3. The summed E-state index contributed by atoms with van der Waals surface area (Å²) in [5.41, 5.74) is 5.34. The second-order valence-electron chi connectivity index (χ2n) is 9.48. The van der Waals surface area contributed by atoms with Crippen molar-refractivity contribution in [3.05, 3.63) is 83.9 Å². The van der Waals surface area contributed by atoms with E-state index >= 15 is 0 Å². The first-order chi connectivity index (χ1) is 18.3. The largest absolute Gasteiger partial charge is 0.325 e. The number of nitrogens with zero attached hydrogens (tertiary/aromatic N) is 2. The zero-order valence-electron chi connectivity index (χ0n) is 22.0. The summed E-state index contributed by atoms with van der Waals surface area (Å²) in [7, 11) is 0. The minimum absolute atomic E-state index is 0.114. The molecule has 0 radical (unpaired) electrons. The van der Waals surface area contributed by atoms with E-state index in [1.807, 2.05) is 72.8 Å². The molecule has 0 saturated carbocycles. The van der Waals surface area contributed by atoms with Gasteiger partial charge in [-0.3, -0.25) is 9.59 Å². The van der Waals surface area contributed by atoms with Crippen LogP contribution < -0.4 is 10.6 Å². The van der Waals surface area contributed by atoms with Gasteiger partial charge in [-0.1, -0.05) is 99.7 Å². The molecule has 1 heterocycles. The molecule has 8 heteroatoms. The number of rotatable bonds is 10. The third-order valence-corrected chi connectivity index (χ3v) is 7.96. The first-order valence-electron chi connectivity index (χ1n) is 12.6. The van der Waals surface area contributed by atoms with Crippen LogP contribution >= 0.6 is 23.5 Å². The minimum atomic E-state index is -0.114. The molecule has 1 aromatic heterocycles. The number of para-hydroxylation sites is 4. The molecule has 0 aliphatic heterocycles. The van der Waals surface area contributed by atoms with E-state index in [-0.39, 0.29) is 23.3 Å². The predicted octanol–water partition coefficient (Wildman–Crippen LogP) is 7.34. The Morgan fingerprint density at radius 1 is 0.632 bits per heavy atom. The van der Waals surface area contributed by atoms with Crippen molar-refractivity contribution >= 4 is 57.7 Å². The lowest BCUT2D eigenvalue weighted by atomic mass is 10.0. The maximum Gasteiger partial charge on any atom is 0.234 e. The minimum Gasteiger partial charge on any atom is -0.325 e. The third-order valence-electron chi connectivity index (χ3n) is 5.90. The van der Waals surface area contributed by atoms with Gasteiger partial charge in [0.05, 0.1) is 22.5 Å². The van der Waals surface area contributed by atoms with Gasteiger partial charge >= 0.3 is 0 Å². The van der Waals surface area contributed by atoms with E-state index in [1.165, 1.54) is 23.5 Å². The Labute approximate surface area is 232 Å². The molecule has 38 heavy (non-hydrogen) atoms. The quantitative estimate of drug-likeness (QED) is 0.203. The molecule has 0 bridgehead atoms. The van der Waals surface area contributed by atoms with Gasteiger partial charge in [-0.05, 0) is 47.2 Å². The first-order valence-corrected chi connectivity index (χ1v) is 14.6. The average Bonchev–Trinajstić information content (AvgIpc) is 2.90. The molecular formula is C30H32N4O2S2. The normalized spacial score (nSPS) is 11.2. The molecule has 2 amide bonds. The highest BCUT2D eigenvalue weighted by Crippen LogP contribution is 2.31. The number of carbonyl (C=O) groups excluding carboxylic acids is 2. The van der Waals surface area contributed by atoms with Crippen LogP contribution in [-0.4, -0.2) is 33.3 Å². The first kappa shape index (κ1) is 27.7. The maximum absolute atomic E-state index is 12.8. The van der Waals surface area contributed by atoms with Gasteiger partial charge in [0, 0.05) is 11.4 Å². The van der Waals surface area contributed by atoms with Crippen molar-refractivity contribution < 1.29 is 9.59 Å². The fourth-order valence-electron chi connectivity index (χ4n) is 4.02. The summed E-state index contributed by atoms with van der Waals surface area (Å²) in [6, 6.07) is 23.3. The molecule has 0 saturated heterocycles. The monoisotopic (exact) mass is 544 g/mol. The summed E-state index contributed by atoms with van der Waals surface area (Å²) < 4.78 is 0. The van der Waals surface area contributed by atoms with Crippen molar-refractivity contribution in [2.24, 2.45) is 0 Å². The number of carbonyl (C=O) groups is 2. The number of anilines is 2. The summed E-state index contributed by atoms with van der Waals surface area (Å²) >= 11 is 2.65. The van der Waals surface area contributed by atoms with Gasteiger partial charge in [0.15, 0.2) is 0 Å². The molecule has 4 rings (SSSR count). The second kappa shape index (κ2) is 12.9. The van der Waals surface area contributed by atoms with Gasteiger partial charge in [-0.25, -0.2) is 9.97 Å². The van der Waals surface area contributed by atoms with Gasteiger partial charge in [0.25, 0.3) is 0 Å². The van der Waals surface area contributed by atoms with Crippen LogP contribution in [0.3, 0.4) is 0 Å². The number of aromatic nitrogens is 2. The molecule has 196 valence electrons. The van der Waals surface area contributed by atoms with Crippen molar-refractivity contribution in [3.8, 4) is 0 Å². The van der Waals surface area contributed by atoms with Crippen LogP contribution in [0.5, 0.6) is 0 Å². The van der Waals surface area contributed by atoms with Crippen LogP contribution in [0.4, 0.5) is 11.4 Å². The van der Waals surface area contributed by atoms with Crippen LogP contribution in [0.15, 0.2) is 82.8 Å². The van der Waals surface area contributed by atoms with Gasteiger partial charge in [0.1, 0.15) is 10.1 Å². The van der Waals surface area contributed by atoms with E-state index in [0.29, 0.717) is 21.9 Å². The smallest absolute Gasteiger partial charge is 0.234 e. The van der Waals surface area contributed by atoms with Crippen LogP contribution in [-0.2, 0) is 9.59 Å². The molecule has 2 N–H and O–H groups in total. The highest BCUT2D eigenvalue weighted by atomic mass is 32.2. The van der Waals surface area contributed by atoms with Crippen LogP contribution in [0, 0.1) is 0 Å². The number of fused-ring (bicyclic) bond motifs is 1. The van der Waals surface area contributed by atoms with Gasteiger partial charge in [0.2, 0.25) is 11.8 Å². The van der Waals surface area contributed by atoms with E-state index in [4.69, 9.17) is 9.97 Å². The Hall–Kier alpha value is -3.36. The third kappa shape index (κ3) is 7.14. The summed E-state index contributed by atoms with van der Waals surface area (Å²) in [5, 5.41) is 7.33. The topological polar surface area (TPSA) is 84.0 Å². The highest BCUT2D eigenvalue weighted by Gasteiger charge is 2.16. The highest BCUT2D eigenvalue weighted by molar-refractivity contribution is 8.02. The fraction of sp³-hybridized carbons (Fsp3) is 0.267. The van der Waals surface area contributed by atoms with Crippen molar-refractivity contribution in [1.29, 1.82) is 0 Å². The van der Waals surface area contributed by atoms with Crippen molar-refractivity contribution in [1.82, 2.24) is 9.97 Å². The predicted molar refractivity (Wildman–Crippen MR) is 159 cm³/mol. The Kier molecular flexibility index (Phi) is 9.42. The second-order valence-corrected chi connectivity index (χ2v) is 11.4. The lowest BCUT2D eigenvalue weighted by Gasteiger charge is -2.14. The fourth-order valence-corrected chi connectivity index (χ4v) is 5.72. The van der Waals surface area contributed by atoms with Crippen LogP contribution in [0.2, 0.25) is 0 Å². The SMILES string of the molecule is CC(C)c1ccccc1NC(=O)CSc1nc2ccccc2nc1SCC(=O)Nc1ccccc1C(C)C. The molecule has 0 aliphatic carbocycles. The molecule has 6 nitrogen and oxygen atoms in total. The molecule has 0 spiro atoms. The standard InChI is InChI=1S/C30H32N4O2S2/c1-19(2)21-11-5-7-13-23(21)31-27(35)17-37-29-30(34-26-16-10-9-15-25(26)33-29)38-18-28(36)32-24-14-8-6-12-22(24)20(3)4/h5-16,19-20H,17-18H2,1-4H3,(H,31,35)(H,32,36). The van der Waals surface area contributed by atoms with Gasteiger partial charge in [-0.15, -0.1) is 0 Å². The summed E-state index contributed by atoms with van der Waals surface area (Å²) in [6.07, 6.45) is 0. The molecule has 0 unspecified atom stereocenters. The van der Waals surface area contributed by atoms with Crippen molar-refractivity contribution in [2.45, 2.75) is 49.6 Å². The maximum atomic E-state index is 12.8. The van der Waals surface area contributed by atoms with E-state index < -0.39 is 0 Å². The Balaban J connectivity index is 1.47. The summed E-state index contributed by atoms with van der Waals surface area (Å²) in [5.74, 6) is 0.732. The Morgan fingerprint density at radius 2 is 1.00 bits per heavy atom. The Bertz CT molecular complexity index is 1330. The zero-order valence-corrected chi connectivity index (χ0v) is 23.7. The number of amides is 2. The average molecular weight is 545 g/mol. The zero-order chi connectivity index (χ0) is 27.1. The Morgan fingerprint density at radius 3 is 1.39 bits per heavy atom. The molecule has 0 aliphatic rings. The van der Waals surface area contributed by atoms with E-state index in [2.05, 4.69) is 38.3 Å². The van der Waals surface area contributed by atoms with Crippen molar-refractivity contribution in [2.75, 3.05) is 22.1 Å². The number of thioether (sulfide) groups is 2. The summed E-state index contributed by atoms with van der Waals surface area (Å²) in [6.45, 7) is 8.41. The molecule has 0 atom stereocenters. The molecule has 3 aromatic carbocycles. The molecule has 0 fully saturated rings. The number of nitrogens with one attached hydrogen (secondary N) is 2. The van der Waals surface area contributed by atoms with E-state index in [0.717, 1.165) is 33.5 Å². The van der Waals surface area contributed by atoms with Crippen molar-refractivity contribution in [3.63, 3.8) is 0 Å². The van der Waals surface area contributed by atoms with Gasteiger partial charge < -0.3 is 10.6 Å². The van der Waals surface area contributed by atoms with Crippen LogP contribution in [0.1, 0.15) is 50.7 Å².